The van der Waals surface area contributed by atoms with Crippen molar-refractivity contribution in [1.82, 2.24) is 9.62 Å². The van der Waals surface area contributed by atoms with Gasteiger partial charge in [0.25, 0.3) is 0 Å². The second-order valence-electron chi connectivity index (χ2n) is 5.86. The number of anilines is 1. The molecule has 7 nitrogen and oxygen atoms in total. The van der Waals surface area contributed by atoms with Crippen molar-refractivity contribution in [3.63, 3.8) is 0 Å². The minimum absolute atomic E-state index is 0.0758. The third-order valence-electron chi connectivity index (χ3n) is 3.49. The highest BCUT2D eigenvalue weighted by Crippen LogP contribution is 2.27. The van der Waals surface area contributed by atoms with E-state index in [0.29, 0.717) is 32.2 Å². The first-order chi connectivity index (χ1) is 11.8. The molecule has 1 fully saturated rings. The van der Waals surface area contributed by atoms with Crippen LogP contribution >= 0.6 is 11.6 Å². The number of hydrogen-bond acceptors (Lipinski definition) is 4. The lowest BCUT2D eigenvalue weighted by atomic mass is 10.2. The Labute approximate surface area is 153 Å². The van der Waals surface area contributed by atoms with E-state index in [4.69, 9.17) is 16.3 Å². The molecule has 1 saturated heterocycles. The quantitative estimate of drug-likeness (QED) is 0.813. The molecule has 2 amide bonds. The zero-order valence-corrected chi connectivity index (χ0v) is 15.7. The first-order valence-corrected chi connectivity index (χ1v) is 9.74. The summed E-state index contributed by atoms with van der Waals surface area (Å²) < 4.78 is 31.9. The normalized spacial score (nSPS) is 16.3. The van der Waals surface area contributed by atoms with Gasteiger partial charge in [0.05, 0.1) is 28.8 Å². The number of carbonyl (C=O) groups is 1. The number of morpholine rings is 1. The zero-order valence-electron chi connectivity index (χ0n) is 14.2. The summed E-state index contributed by atoms with van der Waals surface area (Å²) in [5.41, 5.74) is 0.228. The molecule has 2 rings (SSSR count). The third kappa shape index (κ3) is 5.43. The SMILES string of the molecule is CC(C)/C=C/NC(=O)Nc1cc(S(=O)(=O)N2CCOCC2)ccc1Cl. The first-order valence-electron chi connectivity index (χ1n) is 7.92. The second-order valence-corrected chi connectivity index (χ2v) is 8.20. The van der Waals surface area contributed by atoms with Crippen LogP contribution in [0, 0.1) is 5.92 Å². The molecule has 1 aliphatic heterocycles. The maximum Gasteiger partial charge on any atom is 0.323 e. The first kappa shape index (κ1) is 19.7. The summed E-state index contributed by atoms with van der Waals surface area (Å²) in [4.78, 5) is 12.0. The Hall–Kier alpha value is -1.61. The van der Waals surface area contributed by atoms with Crippen LogP contribution in [0.2, 0.25) is 5.02 Å². The van der Waals surface area contributed by atoms with E-state index in [1.807, 2.05) is 19.9 Å². The summed E-state index contributed by atoms with van der Waals surface area (Å²) in [6.45, 7) is 5.29. The summed E-state index contributed by atoms with van der Waals surface area (Å²) in [5, 5.41) is 5.36. The second kappa shape index (κ2) is 8.66. The molecule has 0 bridgehead atoms. The molecule has 0 atom stereocenters. The van der Waals surface area contributed by atoms with Crippen LogP contribution in [0.4, 0.5) is 10.5 Å². The third-order valence-corrected chi connectivity index (χ3v) is 5.71. The van der Waals surface area contributed by atoms with Crippen LogP contribution in [0.1, 0.15) is 13.8 Å². The van der Waals surface area contributed by atoms with E-state index in [0.717, 1.165) is 0 Å². The number of urea groups is 1. The minimum Gasteiger partial charge on any atom is -0.379 e. The van der Waals surface area contributed by atoms with Gasteiger partial charge in [-0.1, -0.05) is 31.5 Å². The fraction of sp³-hybridized carbons (Fsp3) is 0.438. The lowest BCUT2D eigenvalue weighted by Gasteiger charge is -2.26. The number of sulfonamides is 1. The molecule has 9 heteroatoms. The molecule has 25 heavy (non-hydrogen) atoms. The van der Waals surface area contributed by atoms with Crippen molar-refractivity contribution < 1.29 is 17.9 Å². The van der Waals surface area contributed by atoms with Crippen LogP contribution in [-0.2, 0) is 14.8 Å². The van der Waals surface area contributed by atoms with Crippen molar-refractivity contribution in [3.8, 4) is 0 Å². The number of hydrogen-bond donors (Lipinski definition) is 2. The van der Waals surface area contributed by atoms with Gasteiger partial charge in [0.15, 0.2) is 0 Å². The Morgan fingerprint density at radius 3 is 2.64 bits per heavy atom. The van der Waals surface area contributed by atoms with Gasteiger partial charge in [-0.25, -0.2) is 13.2 Å². The smallest absolute Gasteiger partial charge is 0.323 e. The van der Waals surface area contributed by atoms with Gasteiger partial charge in [0, 0.05) is 19.3 Å². The predicted molar refractivity (Wildman–Crippen MR) is 97.2 cm³/mol. The maximum atomic E-state index is 12.7. The molecule has 0 aliphatic carbocycles. The highest BCUT2D eigenvalue weighted by molar-refractivity contribution is 7.89. The molecule has 0 unspecified atom stereocenters. The molecule has 0 aromatic heterocycles. The average Bonchev–Trinajstić information content (AvgIpc) is 2.57. The van der Waals surface area contributed by atoms with Crippen molar-refractivity contribution >= 4 is 33.3 Å². The molecule has 2 N–H and O–H groups in total. The highest BCUT2D eigenvalue weighted by atomic mass is 35.5. The minimum atomic E-state index is -3.66. The van der Waals surface area contributed by atoms with E-state index in [1.54, 1.807) is 0 Å². The fourth-order valence-corrected chi connectivity index (χ4v) is 3.77. The fourth-order valence-electron chi connectivity index (χ4n) is 2.17. The molecule has 0 spiro atoms. The van der Waals surface area contributed by atoms with Crippen molar-refractivity contribution in [2.24, 2.45) is 5.92 Å². The van der Waals surface area contributed by atoms with Gasteiger partial charge < -0.3 is 15.4 Å². The molecule has 138 valence electrons. The van der Waals surface area contributed by atoms with Crippen molar-refractivity contribution in [1.29, 1.82) is 0 Å². The number of ether oxygens (including phenoxy) is 1. The van der Waals surface area contributed by atoms with Crippen LogP contribution in [0.5, 0.6) is 0 Å². The maximum absolute atomic E-state index is 12.7. The zero-order chi connectivity index (χ0) is 18.4. The van der Waals surface area contributed by atoms with Crippen molar-refractivity contribution in [3.05, 3.63) is 35.5 Å². The number of benzene rings is 1. The van der Waals surface area contributed by atoms with Crippen LogP contribution in [0.15, 0.2) is 35.4 Å². The number of nitrogens with one attached hydrogen (secondary N) is 2. The largest absolute Gasteiger partial charge is 0.379 e. The lowest BCUT2D eigenvalue weighted by molar-refractivity contribution is 0.0730. The topological polar surface area (TPSA) is 87.7 Å². The molecular weight excluding hydrogens is 366 g/mol. The van der Waals surface area contributed by atoms with Gasteiger partial charge in [-0.3, -0.25) is 0 Å². The standard InChI is InChI=1S/C16H22ClN3O4S/c1-12(2)5-6-18-16(21)19-15-11-13(3-4-14(15)17)25(22,23)20-7-9-24-10-8-20/h3-6,11-12H,7-10H2,1-2H3,(H2,18,19,21)/b6-5+. The molecule has 1 heterocycles. The van der Waals surface area contributed by atoms with Crippen molar-refractivity contribution in [2.45, 2.75) is 18.7 Å². The van der Waals surface area contributed by atoms with Crippen LogP contribution in [-0.4, -0.2) is 45.1 Å². The number of halogens is 1. The number of carbonyl (C=O) groups excluding carboxylic acids is 1. The van der Waals surface area contributed by atoms with E-state index in [1.165, 1.54) is 28.7 Å². The summed E-state index contributed by atoms with van der Waals surface area (Å²) >= 11 is 6.07. The Morgan fingerprint density at radius 2 is 2.00 bits per heavy atom. The van der Waals surface area contributed by atoms with Crippen molar-refractivity contribution in [2.75, 3.05) is 31.6 Å². The molecule has 0 radical (unpaired) electrons. The summed E-state index contributed by atoms with van der Waals surface area (Å²) in [6.07, 6.45) is 3.35. The van der Waals surface area contributed by atoms with Crippen LogP contribution < -0.4 is 10.6 Å². The molecular formula is C16H22ClN3O4S. The van der Waals surface area contributed by atoms with E-state index in [9.17, 15) is 13.2 Å². The molecule has 1 aromatic rings. The molecule has 0 saturated carbocycles. The molecule has 1 aromatic carbocycles. The van der Waals surface area contributed by atoms with Gasteiger partial charge >= 0.3 is 6.03 Å². The predicted octanol–water partition coefficient (Wildman–Crippen LogP) is 2.65. The Balaban J connectivity index is 2.15. The summed E-state index contributed by atoms with van der Waals surface area (Å²) in [6, 6.07) is 3.74. The van der Waals surface area contributed by atoms with E-state index >= 15 is 0 Å². The number of allylic oxidation sites excluding steroid dienone is 1. The van der Waals surface area contributed by atoms with Gasteiger partial charge in [-0.2, -0.15) is 4.31 Å². The van der Waals surface area contributed by atoms with E-state index in [-0.39, 0.29) is 15.6 Å². The van der Waals surface area contributed by atoms with Gasteiger partial charge in [0.1, 0.15) is 0 Å². The van der Waals surface area contributed by atoms with Crippen LogP contribution in [0.25, 0.3) is 0 Å². The van der Waals surface area contributed by atoms with Gasteiger partial charge in [-0.15, -0.1) is 0 Å². The Morgan fingerprint density at radius 1 is 1.32 bits per heavy atom. The van der Waals surface area contributed by atoms with Gasteiger partial charge in [0.2, 0.25) is 10.0 Å². The Kier molecular flexibility index (Phi) is 6.83. The lowest BCUT2D eigenvalue weighted by Crippen LogP contribution is -2.40. The van der Waals surface area contributed by atoms with Crippen LogP contribution in [0.3, 0.4) is 0 Å². The van der Waals surface area contributed by atoms with Gasteiger partial charge in [-0.05, 0) is 24.1 Å². The number of nitrogens with zero attached hydrogens (tertiary/aromatic N) is 1. The van der Waals surface area contributed by atoms with E-state index in [2.05, 4.69) is 10.6 Å². The monoisotopic (exact) mass is 387 g/mol. The molecule has 1 aliphatic rings. The summed E-state index contributed by atoms with van der Waals surface area (Å²) in [5.74, 6) is 0.297. The Bertz CT molecular complexity index is 744. The average molecular weight is 388 g/mol. The highest BCUT2D eigenvalue weighted by Gasteiger charge is 2.27. The van der Waals surface area contributed by atoms with E-state index < -0.39 is 16.1 Å². The number of rotatable bonds is 5. The summed E-state index contributed by atoms with van der Waals surface area (Å²) in [7, 11) is -3.66. The number of amides is 2.